The van der Waals surface area contributed by atoms with Gasteiger partial charge in [-0.1, -0.05) is 20.8 Å². The molecule has 1 heterocycles. The largest absolute Gasteiger partial charge is 0.394 e. The second kappa shape index (κ2) is 3.66. The molecule has 0 aromatic carbocycles. The zero-order chi connectivity index (χ0) is 10.1. The molecule has 0 aromatic heterocycles. The first-order chi connectivity index (χ1) is 5.96. The number of likely N-dealkylation sites (tertiary alicyclic amines) is 1. The fourth-order valence-corrected chi connectivity index (χ4v) is 1.72. The smallest absolute Gasteiger partial charge is 0.228 e. The van der Waals surface area contributed by atoms with E-state index in [1.807, 2.05) is 25.7 Å². The molecule has 1 rings (SSSR count). The summed E-state index contributed by atoms with van der Waals surface area (Å²) in [5.41, 5.74) is -0.322. The van der Waals surface area contributed by atoms with E-state index in [2.05, 4.69) is 0 Å². The molecule has 1 amide bonds. The van der Waals surface area contributed by atoms with E-state index in [1.165, 1.54) is 0 Å². The van der Waals surface area contributed by atoms with Crippen molar-refractivity contribution in [1.82, 2.24) is 4.90 Å². The van der Waals surface area contributed by atoms with Gasteiger partial charge >= 0.3 is 0 Å². The first kappa shape index (κ1) is 10.5. The van der Waals surface area contributed by atoms with Gasteiger partial charge in [-0.25, -0.2) is 0 Å². The average Bonchev–Trinajstić information content (AvgIpc) is 2.48. The lowest BCUT2D eigenvalue weighted by atomic mass is 9.94. The molecule has 76 valence electrons. The Labute approximate surface area is 79.7 Å². The van der Waals surface area contributed by atoms with Crippen LogP contribution in [0.1, 0.15) is 33.6 Å². The second-order valence-electron chi connectivity index (χ2n) is 4.73. The minimum Gasteiger partial charge on any atom is -0.394 e. The van der Waals surface area contributed by atoms with E-state index < -0.39 is 0 Å². The Morgan fingerprint density at radius 1 is 1.54 bits per heavy atom. The first-order valence-corrected chi connectivity index (χ1v) is 4.88. The van der Waals surface area contributed by atoms with Crippen molar-refractivity contribution in [3.63, 3.8) is 0 Å². The van der Waals surface area contributed by atoms with E-state index in [-0.39, 0.29) is 24.0 Å². The SMILES string of the molecule is CC(C)(C)C(=O)N1CCC[C@@H]1CO. The molecule has 1 aliphatic heterocycles. The fraction of sp³-hybridized carbons (Fsp3) is 0.900. The van der Waals surface area contributed by atoms with Crippen LogP contribution in [0.25, 0.3) is 0 Å². The third-order valence-corrected chi connectivity index (χ3v) is 2.49. The van der Waals surface area contributed by atoms with Gasteiger partial charge in [0.1, 0.15) is 0 Å². The Hall–Kier alpha value is -0.570. The number of nitrogens with zero attached hydrogens (tertiary/aromatic N) is 1. The number of aliphatic hydroxyl groups excluding tert-OH is 1. The first-order valence-electron chi connectivity index (χ1n) is 4.88. The lowest BCUT2D eigenvalue weighted by Gasteiger charge is -2.29. The zero-order valence-electron chi connectivity index (χ0n) is 8.71. The minimum absolute atomic E-state index is 0.0618. The van der Waals surface area contributed by atoms with E-state index in [0.717, 1.165) is 19.4 Å². The van der Waals surface area contributed by atoms with Crippen LogP contribution >= 0.6 is 0 Å². The Morgan fingerprint density at radius 3 is 2.62 bits per heavy atom. The molecule has 1 atom stereocenters. The van der Waals surface area contributed by atoms with Gasteiger partial charge in [-0.2, -0.15) is 0 Å². The fourth-order valence-electron chi connectivity index (χ4n) is 1.72. The van der Waals surface area contributed by atoms with E-state index in [9.17, 15) is 4.79 Å². The molecule has 0 radical (unpaired) electrons. The van der Waals surface area contributed by atoms with Gasteiger partial charge in [0.15, 0.2) is 0 Å². The molecule has 0 saturated carbocycles. The Morgan fingerprint density at radius 2 is 2.15 bits per heavy atom. The molecule has 0 spiro atoms. The van der Waals surface area contributed by atoms with Crippen LogP contribution in [0, 0.1) is 5.41 Å². The summed E-state index contributed by atoms with van der Waals surface area (Å²) in [5.74, 6) is 0.157. The zero-order valence-corrected chi connectivity index (χ0v) is 8.71. The lowest BCUT2D eigenvalue weighted by molar-refractivity contribution is -0.141. The van der Waals surface area contributed by atoms with Crippen LogP contribution in [0.4, 0.5) is 0 Å². The standard InChI is InChI=1S/C10H19NO2/c1-10(2,3)9(13)11-6-4-5-8(11)7-12/h8,12H,4-7H2,1-3H3/t8-/m1/s1. The van der Waals surface area contributed by atoms with Gasteiger partial charge in [0.25, 0.3) is 0 Å². The summed E-state index contributed by atoms with van der Waals surface area (Å²) in [6.45, 7) is 6.66. The van der Waals surface area contributed by atoms with Crippen LogP contribution in [0.5, 0.6) is 0 Å². The number of aliphatic hydroxyl groups is 1. The number of carbonyl (C=O) groups is 1. The highest BCUT2D eigenvalue weighted by Crippen LogP contribution is 2.24. The van der Waals surface area contributed by atoms with Crippen LogP contribution in [-0.4, -0.2) is 35.1 Å². The number of hydrogen-bond donors (Lipinski definition) is 1. The third kappa shape index (κ3) is 2.21. The molecule has 0 aromatic rings. The average molecular weight is 185 g/mol. The van der Waals surface area contributed by atoms with E-state index >= 15 is 0 Å². The normalized spacial score (nSPS) is 23.7. The summed E-state index contributed by atoms with van der Waals surface area (Å²) in [6.07, 6.45) is 1.96. The van der Waals surface area contributed by atoms with E-state index in [0.29, 0.717) is 0 Å². The quantitative estimate of drug-likeness (QED) is 0.662. The maximum Gasteiger partial charge on any atom is 0.228 e. The van der Waals surface area contributed by atoms with Gasteiger partial charge in [-0.15, -0.1) is 0 Å². The number of rotatable bonds is 1. The van der Waals surface area contributed by atoms with Crippen LogP contribution in [0.2, 0.25) is 0 Å². The molecule has 0 unspecified atom stereocenters. The Balaban J connectivity index is 2.66. The van der Waals surface area contributed by atoms with Crippen molar-refractivity contribution in [3.8, 4) is 0 Å². The molecule has 1 fully saturated rings. The lowest BCUT2D eigenvalue weighted by Crippen LogP contribution is -2.43. The molecule has 0 bridgehead atoms. The topological polar surface area (TPSA) is 40.5 Å². The predicted octanol–water partition coefficient (Wildman–Crippen LogP) is 1.02. The highest BCUT2D eigenvalue weighted by atomic mass is 16.3. The molecular weight excluding hydrogens is 166 g/mol. The van der Waals surface area contributed by atoms with Crippen molar-refractivity contribution in [2.24, 2.45) is 5.41 Å². The highest BCUT2D eigenvalue weighted by Gasteiger charge is 2.34. The summed E-state index contributed by atoms with van der Waals surface area (Å²) in [5, 5.41) is 9.06. The van der Waals surface area contributed by atoms with E-state index in [4.69, 9.17) is 5.11 Å². The van der Waals surface area contributed by atoms with Gasteiger partial charge in [0.05, 0.1) is 12.6 Å². The van der Waals surface area contributed by atoms with Crippen molar-refractivity contribution in [2.75, 3.05) is 13.2 Å². The van der Waals surface area contributed by atoms with Crippen molar-refractivity contribution in [3.05, 3.63) is 0 Å². The molecule has 1 aliphatic rings. The van der Waals surface area contributed by atoms with Crippen molar-refractivity contribution >= 4 is 5.91 Å². The highest BCUT2D eigenvalue weighted by molar-refractivity contribution is 5.82. The van der Waals surface area contributed by atoms with Crippen LogP contribution < -0.4 is 0 Å². The predicted molar refractivity (Wildman–Crippen MR) is 51.3 cm³/mol. The van der Waals surface area contributed by atoms with Gasteiger partial charge < -0.3 is 10.0 Å². The summed E-state index contributed by atoms with van der Waals surface area (Å²) in [6, 6.07) is 0.0618. The van der Waals surface area contributed by atoms with Crippen molar-refractivity contribution in [2.45, 2.75) is 39.7 Å². The van der Waals surface area contributed by atoms with Crippen molar-refractivity contribution in [1.29, 1.82) is 0 Å². The number of amides is 1. The molecule has 0 aliphatic carbocycles. The maximum atomic E-state index is 11.9. The van der Waals surface area contributed by atoms with Gasteiger partial charge in [-0.3, -0.25) is 4.79 Å². The molecular formula is C10H19NO2. The van der Waals surface area contributed by atoms with Crippen molar-refractivity contribution < 1.29 is 9.90 Å². The summed E-state index contributed by atoms with van der Waals surface area (Å²) in [7, 11) is 0. The Kier molecular flexibility index (Phi) is 2.96. The van der Waals surface area contributed by atoms with E-state index in [1.54, 1.807) is 0 Å². The summed E-state index contributed by atoms with van der Waals surface area (Å²) in [4.78, 5) is 13.7. The van der Waals surface area contributed by atoms with Gasteiger partial charge in [0.2, 0.25) is 5.91 Å². The van der Waals surface area contributed by atoms with Gasteiger partial charge in [0, 0.05) is 12.0 Å². The molecule has 1 saturated heterocycles. The van der Waals surface area contributed by atoms with Crippen LogP contribution in [-0.2, 0) is 4.79 Å². The molecule has 13 heavy (non-hydrogen) atoms. The molecule has 3 nitrogen and oxygen atoms in total. The minimum atomic E-state index is -0.322. The number of carbonyl (C=O) groups excluding carboxylic acids is 1. The summed E-state index contributed by atoms with van der Waals surface area (Å²) < 4.78 is 0. The maximum absolute atomic E-state index is 11.9. The number of hydrogen-bond acceptors (Lipinski definition) is 2. The molecule has 3 heteroatoms. The monoisotopic (exact) mass is 185 g/mol. The third-order valence-electron chi connectivity index (χ3n) is 2.49. The summed E-state index contributed by atoms with van der Waals surface area (Å²) >= 11 is 0. The van der Waals surface area contributed by atoms with Crippen LogP contribution in [0.15, 0.2) is 0 Å². The van der Waals surface area contributed by atoms with Gasteiger partial charge in [-0.05, 0) is 12.8 Å². The molecule has 1 N–H and O–H groups in total. The second-order valence-corrected chi connectivity index (χ2v) is 4.73. The Bertz CT molecular complexity index is 196. The van der Waals surface area contributed by atoms with Crippen LogP contribution in [0.3, 0.4) is 0 Å².